The van der Waals surface area contributed by atoms with Gasteiger partial charge in [0.2, 0.25) is 5.91 Å². The van der Waals surface area contributed by atoms with Gasteiger partial charge in [0.05, 0.1) is 7.85 Å². The van der Waals surface area contributed by atoms with Crippen LogP contribution in [0.4, 0.5) is 0 Å². The largest absolute Gasteiger partial charge is 0.340 e. The van der Waals surface area contributed by atoms with E-state index in [1.807, 2.05) is 4.90 Å². The molecule has 0 spiro atoms. The lowest BCUT2D eigenvalue weighted by atomic mass is 10.2. The average molecular weight is 450 g/mol. The van der Waals surface area contributed by atoms with Crippen LogP contribution in [0.15, 0.2) is 0 Å². The Hall–Kier alpha value is 0.890. The van der Waals surface area contributed by atoms with Gasteiger partial charge in [-0.1, -0.05) is 52.1 Å². The molecule has 0 N–H and O–H groups in total. The fourth-order valence-corrected chi connectivity index (χ4v) is 2.57. The molecule has 1 aliphatic rings. The lowest BCUT2D eigenvalue weighted by molar-refractivity contribution is -0.132. The molecule has 0 radical (unpaired) electrons. The Morgan fingerprint density at radius 3 is 2.25 bits per heavy atom. The zero-order chi connectivity index (χ0) is 12.2. The molecule has 1 rings (SSSR count). The van der Waals surface area contributed by atoms with Crippen molar-refractivity contribution in [2.24, 2.45) is 0 Å². The van der Waals surface area contributed by atoms with Crippen molar-refractivity contribution < 1.29 is 4.79 Å². The number of carbonyl (C=O) groups is 1. The van der Waals surface area contributed by atoms with Gasteiger partial charge < -0.3 is 4.90 Å². The molecular formula is C11H20I2N2O. The van der Waals surface area contributed by atoms with Crippen LogP contribution < -0.4 is 0 Å². The van der Waals surface area contributed by atoms with Crippen molar-refractivity contribution in [2.45, 2.75) is 28.1 Å². The van der Waals surface area contributed by atoms with E-state index in [2.05, 4.69) is 63.9 Å². The molecule has 94 valence electrons. The van der Waals surface area contributed by atoms with E-state index in [9.17, 15) is 4.79 Å². The maximum absolute atomic E-state index is 12.0. The summed E-state index contributed by atoms with van der Waals surface area (Å²) >= 11 is 4.67. The van der Waals surface area contributed by atoms with Crippen molar-refractivity contribution in [1.29, 1.82) is 0 Å². The molecule has 1 aliphatic heterocycles. The van der Waals surface area contributed by atoms with Crippen LogP contribution in [0.1, 0.15) is 26.7 Å². The molecule has 1 saturated heterocycles. The minimum atomic E-state index is 0.0488. The number of hydrogen-bond acceptors (Lipinski definition) is 2. The van der Waals surface area contributed by atoms with E-state index in [1.54, 1.807) is 0 Å². The van der Waals surface area contributed by atoms with E-state index in [-0.39, 0.29) is 1.43 Å². The monoisotopic (exact) mass is 450 g/mol. The topological polar surface area (TPSA) is 23.6 Å². The maximum atomic E-state index is 12.0. The summed E-state index contributed by atoms with van der Waals surface area (Å²) in [6, 6.07) is 0. The average Bonchev–Trinajstić information content (AvgIpc) is 2.16. The first kappa shape index (κ1) is 14.9. The van der Waals surface area contributed by atoms with Crippen LogP contribution in [-0.4, -0.2) is 49.9 Å². The fourth-order valence-electron chi connectivity index (χ4n) is 1.91. The molecule has 0 saturated carbocycles. The van der Waals surface area contributed by atoms with Crippen molar-refractivity contribution in [2.75, 3.05) is 32.7 Å². The summed E-state index contributed by atoms with van der Waals surface area (Å²) in [5, 5.41) is 0. The Kier molecular flexibility index (Phi) is 6.28. The van der Waals surface area contributed by atoms with Gasteiger partial charge in [-0.05, 0) is 19.9 Å². The van der Waals surface area contributed by atoms with Gasteiger partial charge >= 0.3 is 0 Å². The van der Waals surface area contributed by atoms with Gasteiger partial charge in [0.1, 0.15) is 0 Å². The highest BCUT2D eigenvalue weighted by Gasteiger charge is 2.26. The van der Waals surface area contributed by atoms with E-state index in [0.29, 0.717) is 12.3 Å². The molecule has 0 aromatic rings. The summed E-state index contributed by atoms with van der Waals surface area (Å²) in [7, 11) is 0. The summed E-state index contributed by atoms with van der Waals surface area (Å²) < 4.78 is 0.0488. The highest BCUT2D eigenvalue weighted by molar-refractivity contribution is 14.2. The first-order chi connectivity index (χ1) is 7.42. The third-order valence-electron chi connectivity index (χ3n) is 2.73. The molecule has 16 heavy (non-hydrogen) atoms. The molecule has 0 unspecified atom stereocenters. The normalized spacial score (nSPS) is 18.9. The quantitative estimate of drug-likeness (QED) is 0.486. The second-order valence-corrected chi connectivity index (χ2v) is 11.3. The molecule has 1 fully saturated rings. The van der Waals surface area contributed by atoms with Gasteiger partial charge in [-0.2, -0.15) is 0 Å². The minimum Gasteiger partial charge on any atom is -0.340 e. The van der Waals surface area contributed by atoms with E-state index < -0.39 is 0 Å². The summed E-state index contributed by atoms with van der Waals surface area (Å²) in [5.41, 5.74) is 0. The second kappa shape index (κ2) is 6.72. The zero-order valence-electron chi connectivity index (χ0n) is 10.0. The minimum absolute atomic E-state index is 0.0488. The third kappa shape index (κ3) is 5.48. The third-order valence-corrected chi connectivity index (χ3v) is 3.49. The van der Waals surface area contributed by atoms with Gasteiger partial charge in [-0.25, -0.2) is 0 Å². The van der Waals surface area contributed by atoms with Crippen molar-refractivity contribution in [1.82, 2.24) is 9.80 Å². The lowest BCUT2D eigenvalue weighted by Gasteiger charge is -2.35. The fraction of sp³-hybridized carbons (Fsp3) is 0.909. The Morgan fingerprint density at radius 2 is 1.81 bits per heavy atom. The van der Waals surface area contributed by atoms with Crippen LogP contribution in [0.2, 0.25) is 0 Å². The first-order valence-corrected chi connectivity index (χ1v) is 7.96. The van der Waals surface area contributed by atoms with Crippen LogP contribution >= 0.6 is 45.2 Å². The van der Waals surface area contributed by atoms with E-state index in [0.717, 1.165) is 32.7 Å². The first-order valence-electron chi connectivity index (χ1n) is 5.80. The summed E-state index contributed by atoms with van der Waals surface area (Å²) in [4.78, 5) is 16.4. The van der Waals surface area contributed by atoms with E-state index >= 15 is 0 Å². The van der Waals surface area contributed by atoms with Gasteiger partial charge in [0.15, 0.2) is 0 Å². The van der Waals surface area contributed by atoms with E-state index in [1.165, 1.54) is 6.42 Å². The Labute approximate surface area is 126 Å². The summed E-state index contributed by atoms with van der Waals surface area (Å²) in [6.45, 7) is 9.36. The van der Waals surface area contributed by atoms with Crippen molar-refractivity contribution in [3.05, 3.63) is 0 Å². The van der Waals surface area contributed by atoms with Gasteiger partial charge in [-0.15, -0.1) is 0 Å². The summed E-state index contributed by atoms with van der Waals surface area (Å²) in [5.74, 6) is 0.308. The number of hydrogen-bond donors (Lipinski definition) is 0. The molecule has 1 amide bonds. The molecule has 0 atom stereocenters. The Morgan fingerprint density at radius 1 is 1.25 bits per heavy atom. The number of alkyl halides is 2. The van der Waals surface area contributed by atoms with E-state index in [4.69, 9.17) is 0 Å². The SMILES string of the molecule is CCCN1CCN(C(=O)CC(C)(I)I)CC1. The molecule has 0 aromatic heterocycles. The van der Waals surface area contributed by atoms with Crippen LogP contribution in [0.3, 0.4) is 0 Å². The standard InChI is InChI=1S/C11H20I2N2O/c1-3-4-14-5-7-15(8-6-14)10(16)9-11(2,12)13/h3-9H2,1-2H3. The zero-order valence-corrected chi connectivity index (χ0v) is 14.3. The molecular weight excluding hydrogens is 430 g/mol. The van der Waals surface area contributed by atoms with Crippen LogP contribution in [-0.2, 0) is 4.79 Å². The highest BCUT2D eigenvalue weighted by atomic mass is 127. The number of rotatable bonds is 4. The van der Waals surface area contributed by atoms with Crippen molar-refractivity contribution in [3.63, 3.8) is 0 Å². The predicted octanol–water partition coefficient (Wildman–Crippen LogP) is 2.52. The van der Waals surface area contributed by atoms with Gasteiger partial charge in [-0.3, -0.25) is 9.69 Å². The summed E-state index contributed by atoms with van der Waals surface area (Å²) in [6.07, 6.45) is 1.84. The van der Waals surface area contributed by atoms with Gasteiger partial charge in [0, 0.05) is 26.2 Å². The molecule has 1 heterocycles. The number of piperazine rings is 1. The second-order valence-electron chi connectivity index (χ2n) is 4.47. The highest BCUT2D eigenvalue weighted by Crippen LogP contribution is 2.31. The lowest BCUT2D eigenvalue weighted by Crippen LogP contribution is -2.49. The molecule has 5 heteroatoms. The number of carbonyl (C=O) groups excluding carboxylic acids is 1. The van der Waals surface area contributed by atoms with Crippen molar-refractivity contribution >= 4 is 51.1 Å². The van der Waals surface area contributed by atoms with Crippen LogP contribution in [0.5, 0.6) is 0 Å². The Bertz CT molecular complexity index is 233. The predicted molar refractivity (Wildman–Crippen MR) is 84.4 cm³/mol. The molecule has 0 bridgehead atoms. The molecule has 0 aliphatic carbocycles. The van der Waals surface area contributed by atoms with Gasteiger partial charge in [0.25, 0.3) is 0 Å². The van der Waals surface area contributed by atoms with Crippen molar-refractivity contribution in [3.8, 4) is 0 Å². The number of halogens is 2. The van der Waals surface area contributed by atoms with Crippen LogP contribution in [0.25, 0.3) is 0 Å². The Balaban J connectivity index is 2.33. The number of amides is 1. The van der Waals surface area contributed by atoms with Crippen LogP contribution in [0, 0.1) is 0 Å². The maximum Gasteiger partial charge on any atom is 0.224 e. The number of nitrogens with zero attached hydrogens (tertiary/aromatic N) is 2. The molecule has 0 aromatic carbocycles. The smallest absolute Gasteiger partial charge is 0.224 e. The molecule has 3 nitrogen and oxygen atoms in total.